The van der Waals surface area contributed by atoms with Gasteiger partial charge in [-0.1, -0.05) is 42.5 Å². The number of aromatic nitrogens is 1. The van der Waals surface area contributed by atoms with Gasteiger partial charge in [-0.3, -0.25) is 19.5 Å². The van der Waals surface area contributed by atoms with Gasteiger partial charge in [0.1, 0.15) is 0 Å². The Labute approximate surface area is 200 Å². The van der Waals surface area contributed by atoms with Gasteiger partial charge < -0.3 is 9.64 Å². The van der Waals surface area contributed by atoms with Gasteiger partial charge in [0.25, 0.3) is 0 Å². The third-order valence-corrected chi connectivity index (χ3v) is 7.56. The van der Waals surface area contributed by atoms with E-state index in [0.29, 0.717) is 6.54 Å². The average molecular weight is 458 g/mol. The van der Waals surface area contributed by atoms with E-state index in [1.807, 2.05) is 36.1 Å². The van der Waals surface area contributed by atoms with E-state index in [-0.39, 0.29) is 18.3 Å². The lowest BCUT2D eigenvalue weighted by Crippen LogP contribution is -2.57. The fourth-order valence-corrected chi connectivity index (χ4v) is 5.75. The number of aryl methyl sites for hydroxylation is 1. The molecule has 0 bridgehead atoms. The molecule has 6 nitrogen and oxygen atoms in total. The summed E-state index contributed by atoms with van der Waals surface area (Å²) in [5, 5.41) is 2.34. The van der Waals surface area contributed by atoms with Crippen LogP contribution in [0.2, 0.25) is 0 Å². The van der Waals surface area contributed by atoms with E-state index >= 15 is 0 Å². The van der Waals surface area contributed by atoms with Crippen LogP contribution in [0.5, 0.6) is 0 Å². The Morgan fingerprint density at radius 2 is 1.79 bits per heavy atom. The molecule has 1 spiro atoms. The molecular formula is C28H31N3O3. The van der Waals surface area contributed by atoms with E-state index < -0.39 is 11.5 Å². The number of fused-ring (bicyclic) bond motifs is 1. The third kappa shape index (κ3) is 4.18. The summed E-state index contributed by atoms with van der Waals surface area (Å²) in [7, 11) is 1.42. The van der Waals surface area contributed by atoms with Gasteiger partial charge in [-0.15, -0.1) is 0 Å². The van der Waals surface area contributed by atoms with Crippen molar-refractivity contribution < 1.29 is 14.3 Å². The molecule has 3 aromatic rings. The van der Waals surface area contributed by atoms with E-state index in [4.69, 9.17) is 4.74 Å². The van der Waals surface area contributed by atoms with Crippen molar-refractivity contribution in [3.63, 3.8) is 0 Å². The van der Waals surface area contributed by atoms with Crippen LogP contribution in [-0.4, -0.2) is 52.4 Å². The number of piperidine rings is 1. The molecule has 3 heterocycles. The van der Waals surface area contributed by atoms with Gasteiger partial charge in [0, 0.05) is 38.3 Å². The van der Waals surface area contributed by atoms with Crippen LogP contribution in [0.3, 0.4) is 0 Å². The Kier molecular flexibility index (Phi) is 6.09. The minimum Gasteiger partial charge on any atom is -0.469 e. The number of carbonyl (C=O) groups excluding carboxylic acids is 2. The molecule has 0 radical (unpaired) electrons. The fourth-order valence-electron chi connectivity index (χ4n) is 5.75. The smallest absolute Gasteiger partial charge is 0.311 e. The van der Waals surface area contributed by atoms with E-state index in [1.54, 1.807) is 0 Å². The van der Waals surface area contributed by atoms with Crippen molar-refractivity contribution in [2.75, 3.05) is 20.2 Å². The van der Waals surface area contributed by atoms with Crippen LogP contribution in [-0.2, 0) is 27.4 Å². The first-order valence-corrected chi connectivity index (χ1v) is 12.0. The molecule has 2 aliphatic rings. The van der Waals surface area contributed by atoms with Crippen LogP contribution in [0.4, 0.5) is 0 Å². The second-order valence-electron chi connectivity index (χ2n) is 9.59. The topological polar surface area (TPSA) is 62.7 Å². The van der Waals surface area contributed by atoms with Crippen LogP contribution < -0.4 is 0 Å². The molecule has 1 atom stereocenters. The average Bonchev–Trinajstić information content (AvgIpc) is 3.11. The van der Waals surface area contributed by atoms with Gasteiger partial charge in [0.15, 0.2) is 0 Å². The minimum absolute atomic E-state index is 0.0392. The van der Waals surface area contributed by atoms with E-state index in [0.717, 1.165) is 54.8 Å². The van der Waals surface area contributed by atoms with Crippen molar-refractivity contribution in [1.82, 2.24) is 14.8 Å². The first kappa shape index (κ1) is 22.5. The zero-order valence-corrected chi connectivity index (χ0v) is 19.9. The van der Waals surface area contributed by atoms with E-state index in [2.05, 4.69) is 46.3 Å². The molecular weight excluding hydrogens is 426 g/mol. The number of carbonyl (C=O) groups is 2. The molecule has 2 saturated heterocycles. The lowest BCUT2D eigenvalue weighted by atomic mass is 9.76. The first-order valence-electron chi connectivity index (χ1n) is 12.0. The van der Waals surface area contributed by atoms with Gasteiger partial charge in [-0.25, -0.2) is 0 Å². The highest BCUT2D eigenvalue weighted by atomic mass is 16.5. The van der Waals surface area contributed by atoms with Crippen molar-refractivity contribution in [2.24, 2.45) is 5.92 Å². The minimum atomic E-state index is -0.508. The number of hydrogen-bond acceptors (Lipinski definition) is 5. The van der Waals surface area contributed by atoms with Crippen molar-refractivity contribution >= 4 is 22.6 Å². The van der Waals surface area contributed by atoms with Crippen molar-refractivity contribution in [3.05, 3.63) is 77.6 Å². The Morgan fingerprint density at radius 1 is 1.03 bits per heavy atom. The molecule has 0 saturated carbocycles. The third-order valence-electron chi connectivity index (χ3n) is 7.56. The number of rotatable bonds is 5. The van der Waals surface area contributed by atoms with Crippen LogP contribution in [0.15, 0.2) is 60.7 Å². The molecule has 6 heteroatoms. The van der Waals surface area contributed by atoms with Crippen molar-refractivity contribution in [2.45, 2.75) is 44.8 Å². The van der Waals surface area contributed by atoms with Crippen molar-refractivity contribution in [1.29, 1.82) is 0 Å². The summed E-state index contributed by atoms with van der Waals surface area (Å²) in [4.78, 5) is 35.0. The monoisotopic (exact) mass is 457 g/mol. The van der Waals surface area contributed by atoms with E-state index in [1.165, 1.54) is 12.5 Å². The van der Waals surface area contributed by atoms with Gasteiger partial charge in [0.2, 0.25) is 5.91 Å². The summed E-state index contributed by atoms with van der Waals surface area (Å²) in [6.45, 7) is 4.91. The summed E-state index contributed by atoms with van der Waals surface area (Å²) in [5.74, 6) is -0.662. The molecule has 1 aromatic heterocycles. The lowest BCUT2D eigenvalue weighted by molar-refractivity contribution is -0.150. The summed E-state index contributed by atoms with van der Waals surface area (Å²) in [6.07, 6.45) is 1.72. The highest BCUT2D eigenvalue weighted by molar-refractivity contribution is 5.89. The van der Waals surface area contributed by atoms with E-state index in [9.17, 15) is 9.59 Å². The predicted octanol–water partition coefficient (Wildman–Crippen LogP) is 4.10. The van der Waals surface area contributed by atoms with Gasteiger partial charge in [0.05, 0.1) is 24.3 Å². The number of pyridine rings is 1. The Hall–Kier alpha value is -3.25. The fraction of sp³-hybridized carbons (Fsp3) is 0.393. The van der Waals surface area contributed by atoms with Crippen LogP contribution >= 0.6 is 0 Å². The molecule has 0 N–H and O–H groups in total. The number of hydrogen-bond donors (Lipinski definition) is 0. The van der Waals surface area contributed by atoms with Crippen LogP contribution in [0.25, 0.3) is 10.8 Å². The van der Waals surface area contributed by atoms with Crippen LogP contribution in [0.1, 0.15) is 36.2 Å². The number of nitrogens with zero attached hydrogens (tertiary/aromatic N) is 3. The number of ether oxygens (including phenoxy) is 1. The maximum absolute atomic E-state index is 13.3. The molecule has 1 unspecified atom stereocenters. The zero-order chi connectivity index (χ0) is 23.7. The Morgan fingerprint density at radius 3 is 2.53 bits per heavy atom. The van der Waals surface area contributed by atoms with Gasteiger partial charge in [-0.05, 0) is 54.3 Å². The highest BCUT2D eigenvalue weighted by Gasteiger charge is 2.56. The summed E-state index contributed by atoms with van der Waals surface area (Å²) in [6, 6.07) is 20.7. The Bertz CT molecular complexity index is 1220. The first-order chi connectivity index (χ1) is 16.5. The number of esters is 1. The standard InChI is InChI=1S/C28H31N3O3/c1-20-6-5-9-24(29-20)19-30-14-12-28(13-15-30)25(27(33)34-2)17-26(32)31(28)18-21-10-11-22-7-3-4-8-23(22)16-21/h3-11,16,25H,12-15,17-19H2,1-2H3. The number of methoxy groups -OCH3 is 1. The normalized spacial score (nSPS) is 20.2. The van der Waals surface area contributed by atoms with Crippen LogP contribution in [0, 0.1) is 12.8 Å². The molecule has 2 fully saturated rings. The molecule has 0 aliphatic carbocycles. The SMILES string of the molecule is COC(=O)C1CC(=O)N(Cc2ccc3ccccc3c2)C12CCN(Cc1cccc(C)n1)CC2. The summed E-state index contributed by atoms with van der Waals surface area (Å²) >= 11 is 0. The maximum atomic E-state index is 13.3. The van der Waals surface area contributed by atoms with Crippen molar-refractivity contribution in [3.8, 4) is 0 Å². The number of likely N-dealkylation sites (tertiary alicyclic amines) is 2. The number of benzene rings is 2. The molecule has 176 valence electrons. The summed E-state index contributed by atoms with van der Waals surface area (Å²) in [5.41, 5.74) is 2.64. The quantitative estimate of drug-likeness (QED) is 0.540. The molecule has 34 heavy (non-hydrogen) atoms. The second-order valence-corrected chi connectivity index (χ2v) is 9.59. The molecule has 5 rings (SSSR count). The molecule has 1 amide bonds. The zero-order valence-electron chi connectivity index (χ0n) is 19.9. The van der Waals surface area contributed by atoms with Gasteiger partial charge in [-0.2, -0.15) is 0 Å². The van der Waals surface area contributed by atoms with Gasteiger partial charge >= 0.3 is 5.97 Å². The Balaban J connectivity index is 1.39. The molecule has 2 aromatic carbocycles. The second kappa shape index (κ2) is 9.18. The largest absolute Gasteiger partial charge is 0.469 e. The lowest BCUT2D eigenvalue weighted by Gasteiger charge is -2.47. The highest BCUT2D eigenvalue weighted by Crippen LogP contribution is 2.45. The summed E-state index contributed by atoms with van der Waals surface area (Å²) < 4.78 is 5.16. The molecule has 2 aliphatic heterocycles. The maximum Gasteiger partial charge on any atom is 0.311 e. The predicted molar refractivity (Wildman–Crippen MR) is 131 cm³/mol. The number of amides is 1.